The molecule has 0 saturated carbocycles. The fourth-order valence-corrected chi connectivity index (χ4v) is 4.41. The van der Waals surface area contributed by atoms with E-state index in [0.717, 1.165) is 37.9 Å². The van der Waals surface area contributed by atoms with Crippen molar-refractivity contribution in [1.29, 1.82) is 0 Å². The number of anilines is 1. The quantitative estimate of drug-likeness (QED) is 0.637. The minimum absolute atomic E-state index is 0.0599. The van der Waals surface area contributed by atoms with Gasteiger partial charge >= 0.3 is 0 Å². The number of nitrogens with zero attached hydrogens (tertiary/aromatic N) is 5. The molecule has 0 aliphatic carbocycles. The van der Waals surface area contributed by atoms with Crippen molar-refractivity contribution in [3.05, 3.63) is 52.3 Å². The first-order chi connectivity index (χ1) is 14.5. The van der Waals surface area contributed by atoms with Crippen LogP contribution in [0.4, 0.5) is 9.52 Å². The molecular weight excluding hydrogens is 407 g/mol. The van der Waals surface area contributed by atoms with Gasteiger partial charge in [0.15, 0.2) is 10.8 Å². The third-order valence-corrected chi connectivity index (χ3v) is 6.30. The zero-order valence-electron chi connectivity index (χ0n) is 16.7. The molecule has 0 radical (unpaired) electrons. The Morgan fingerprint density at radius 2 is 2.00 bits per heavy atom. The molecule has 0 spiro atoms. The number of aromatic nitrogens is 3. The molecule has 1 aliphatic heterocycles. The second-order valence-electron chi connectivity index (χ2n) is 7.12. The molecule has 1 N–H and O–H groups in total. The van der Waals surface area contributed by atoms with Gasteiger partial charge in [0.2, 0.25) is 5.91 Å². The average Bonchev–Trinajstić information content (AvgIpc) is 3.20. The number of hydrogen-bond acceptors (Lipinski definition) is 7. The minimum atomic E-state index is -0.387. The molecule has 2 aromatic heterocycles. The third-order valence-electron chi connectivity index (χ3n) is 5.21. The standard InChI is InChI=1S/C20H23FN6O2S/c1-2-25-7-9-26(10-8-25)20-24-18-17(30-20)19(29)27(13-23-18)12-16(28)22-11-14-5-3-4-6-15(14)21/h3-6,13H,2,7-12H2,1H3,(H,22,28). The summed E-state index contributed by atoms with van der Waals surface area (Å²) in [7, 11) is 0. The van der Waals surface area contributed by atoms with Crippen LogP contribution in [-0.4, -0.2) is 58.1 Å². The second-order valence-corrected chi connectivity index (χ2v) is 8.09. The summed E-state index contributed by atoms with van der Waals surface area (Å²) in [5, 5.41) is 3.42. The van der Waals surface area contributed by atoms with Crippen LogP contribution in [0.15, 0.2) is 35.4 Å². The zero-order valence-corrected chi connectivity index (χ0v) is 17.5. The molecular formula is C20H23FN6O2S. The fourth-order valence-electron chi connectivity index (χ4n) is 3.38. The van der Waals surface area contributed by atoms with Crippen molar-refractivity contribution in [1.82, 2.24) is 24.8 Å². The van der Waals surface area contributed by atoms with E-state index in [-0.39, 0.29) is 30.4 Å². The predicted molar refractivity (Wildman–Crippen MR) is 114 cm³/mol. The number of likely N-dealkylation sites (N-methyl/N-ethyl adjacent to an activating group) is 1. The Bertz CT molecular complexity index is 1110. The number of carbonyl (C=O) groups is 1. The summed E-state index contributed by atoms with van der Waals surface area (Å²) in [5.41, 5.74) is 0.500. The van der Waals surface area contributed by atoms with Crippen molar-refractivity contribution in [2.24, 2.45) is 0 Å². The lowest BCUT2D eigenvalue weighted by Crippen LogP contribution is -2.46. The number of rotatable bonds is 6. The highest BCUT2D eigenvalue weighted by atomic mass is 32.1. The second kappa shape index (κ2) is 8.88. The first-order valence-electron chi connectivity index (χ1n) is 9.88. The topological polar surface area (TPSA) is 83.4 Å². The largest absolute Gasteiger partial charge is 0.350 e. The van der Waals surface area contributed by atoms with Gasteiger partial charge in [0.05, 0.1) is 0 Å². The summed E-state index contributed by atoms with van der Waals surface area (Å²) in [6.07, 6.45) is 1.34. The normalized spacial score (nSPS) is 14.9. The Labute approximate surface area is 177 Å². The lowest BCUT2D eigenvalue weighted by Gasteiger charge is -2.33. The predicted octanol–water partition coefficient (Wildman–Crippen LogP) is 1.45. The molecule has 1 aromatic carbocycles. The number of thiazole rings is 1. The van der Waals surface area contributed by atoms with Gasteiger partial charge in [-0.2, -0.15) is 4.98 Å². The van der Waals surface area contributed by atoms with Gasteiger partial charge in [-0.15, -0.1) is 0 Å². The molecule has 1 aliphatic rings. The van der Waals surface area contributed by atoms with Crippen molar-refractivity contribution in [2.45, 2.75) is 20.0 Å². The molecule has 3 aromatic rings. The van der Waals surface area contributed by atoms with Crippen LogP contribution in [0, 0.1) is 5.82 Å². The Morgan fingerprint density at radius 3 is 2.73 bits per heavy atom. The summed E-state index contributed by atoms with van der Waals surface area (Å²) in [4.78, 5) is 38.4. The van der Waals surface area contributed by atoms with Crippen molar-refractivity contribution < 1.29 is 9.18 Å². The van der Waals surface area contributed by atoms with Crippen LogP contribution in [0.25, 0.3) is 10.3 Å². The van der Waals surface area contributed by atoms with E-state index in [0.29, 0.717) is 15.9 Å². The number of nitrogens with one attached hydrogen (secondary N) is 1. The zero-order chi connectivity index (χ0) is 21.1. The summed E-state index contributed by atoms with van der Waals surface area (Å²) in [5.74, 6) is -0.767. The van der Waals surface area contributed by atoms with Gasteiger partial charge in [0, 0.05) is 38.3 Å². The van der Waals surface area contributed by atoms with E-state index in [1.807, 2.05) is 0 Å². The lowest BCUT2D eigenvalue weighted by atomic mass is 10.2. The molecule has 0 atom stereocenters. The first kappa shape index (κ1) is 20.4. The smallest absolute Gasteiger partial charge is 0.273 e. The Morgan fingerprint density at radius 1 is 1.23 bits per heavy atom. The van der Waals surface area contributed by atoms with Gasteiger partial charge in [-0.25, -0.2) is 9.37 Å². The Hall–Kier alpha value is -2.85. The lowest BCUT2D eigenvalue weighted by molar-refractivity contribution is -0.121. The van der Waals surface area contributed by atoms with E-state index in [1.54, 1.807) is 18.2 Å². The highest BCUT2D eigenvalue weighted by Crippen LogP contribution is 2.26. The summed E-state index contributed by atoms with van der Waals surface area (Å²) in [6.45, 7) is 6.70. The van der Waals surface area contributed by atoms with Gasteiger partial charge in [0.25, 0.3) is 5.56 Å². The van der Waals surface area contributed by atoms with Crippen molar-refractivity contribution in [3.63, 3.8) is 0 Å². The maximum atomic E-state index is 13.7. The maximum Gasteiger partial charge on any atom is 0.273 e. The molecule has 1 saturated heterocycles. The summed E-state index contributed by atoms with van der Waals surface area (Å²) >= 11 is 1.31. The van der Waals surface area contributed by atoms with Crippen LogP contribution < -0.4 is 15.8 Å². The van der Waals surface area contributed by atoms with Crippen LogP contribution in [0.5, 0.6) is 0 Å². The molecule has 1 amide bonds. The summed E-state index contributed by atoms with van der Waals surface area (Å²) < 4.78 is 15.4. The van der Waals surface area contributed by atoms with Gasteiger partial charge in [-0.3, -0.25) is 14.2 Å². The molecule has 8 nitrogen and oxygen atoms in total. The first-order valence-corrected chi connectivity index (χ1v) is 10.7. The Balaban J connectivity index is 1.45. The molecule has 1 fully saturated rings. The van der Waals surface area contributed by atoms with E-state index in [4.69, 9.17) is 0 Å². The van der Waals surface area contributed by atoms with E-state index in [2.05, 4.69) is 32.0 Å². The number of hydrogen-bond donors (Lipinski definition) is 1. The Kier molecular flexibility index (Phi) is 6.05. The monoisotopic (exact) mass is 430 g/mol. The SMILES string of the molecule is CCN1CCN(c2nc3ncn(CC(=O)NCc4ccccc4F)c(=O)c3s2)CC1. The van der Waals surface area contributed by atoms with Gasteiger partial charge in [-0.1, -0.05) is 36.5 Å². The number of benzene rings is 1. The molecule has 3 heterocycles. The number of amides is 1. The maximum absolute atomic E-state index is 13.7. The highest BCUT2D eigenvalue weighted by molar-refractivity contribution is 7.22. The average molecular weight is 431 g/mol. The molecule has 158 valence electrons. The van der Waals surface area contributed by atoms with Crippen LogP contribution >= 0.6 is 11.3 Å². The van der Waals surface area contributed by atoms with Crippen molar-refractivity contribution in [3.8, 4) is 0 Å². The van der Waals surface area contributed by atoms with Crippen molar-refractivity contribution >= 4 is 32.7 Å². The van der Waals surface area contributed by atoms with E-state index in [9.17, 15) is 14.0 Å². The van der Waals surface area contributed by atoms with Crippen molar-refractivity contribution in [2.75, 3.05) is 37.6 Å². The van der Waals surface area contributed by atoms with E-state index in [1.165, 1.54) is 28.3 Å². The van der Waals surface area contributed by atoms with E-state index >= 15 is 0 Å². The van der Waals surface area contributed by atoms with Crippen LogP contribution in [0.1, 0.15) is 12.5 Å². The van der Waals surface area contributed by atoms with Gasteiger partial charge < -0.3 is 15.1 Å². The van der Waals surface area contributed by atoms with Crippen LogP contribution in [-0.2, 0) is 17.9 Å². The number of halogens is 1. The van der Waals surface area contributed by atoms with E-state index < -0.39 is 0 Å². The molecule has 4 rings (SSSR count). The number of fused-ring (bicyclic) bond motifs is 1. The van der Waals surface area contributed by atoms with Crippen LogP contribution in [0.3, 0.4) is 0 Å². The minimum Gasteiger partial charge on any atom is -0.350 e. The van der Waals surface area contributed by atoms with Gasteiger partial charge in [0.1, 0.15) is 23.4 Å². The molecule has 0 unspecified atom stereocenters. The van der Waals surface area contributed by atoms with Gasteiger partial charge in [-0.05, 0) is 12.6 Å². The number of carbonyl (C=O) groups excluding carboxylic acids is 1. The third kappa shape index (κ3) is 4.34. The highest BCUT2D eigenvalue weighted by Gasteiger charge is 2.20. The number of piperazine rings is 1. The summed E-state index contributed by atoms with van der Waals surface area (Å²) in [6, 6.07) is 6.24. The fraction of sp³-hybridized carbons (Fsp3) is 0.400. The molecule has 0 bridgehead atoms. The molecule has 10 heteroatoms. The molecule has 30 heavy (non-hydrogen) atoms. The van der Waals surface area contributed by atoms with Crippen LogP contribution in [0.2, 0.25) is 0 Å².